The van der Waals surface area contributed by atoms with Crippen LogP contribution in [-0.2, 0) is 4.79 Å². The van der Waals surface area contributed by atoms with E-state index in [1.165, 1.54) is 0 Å². The first-order valence-electron chi connectivity index (χ1n) is 8.04. The van der Waals surface area contributed by atoms with Crippen molar-refractivity contribution in [2.75, 3.05) is 19.0 Å². The first-order chi connectivity index (χ1) is 12.0. The Morgan fingerprint density at radius 2 is 1.80 bits per heavy atom. The van der Waals surface area contributed by atoms with E-state index in [0.717, 1.165) is 0 Å². The lowest BCUT2D eigenvalue weighted by Gasteiger charge is -2.16. The van der Waals surface area contributed by atoms with Crippen LogP contribution < -0.4 is 20.1 Å². The molecule has 6 heteroatoms. The Kier molecular flexibility index (Phi) is 6.39. The lowest BCUT2D eigenvalue weighted by molar-refractivity contribution is -0.122. The van der Waals surface area contributed by atoms with E-state index in [-0.39, 0.29) is 11.8 Å². The highest BCUT2D eigenvalue weighted by Gasteiger charge is 2.17. The van der Waals surface area contributed by atoms with Crippen molar-refractivity contribution in [3.63, 3.8) is 0 Å². The fourth-order valence-electron chi connectivity index (χ4n) is 2.20. The molecule has 2 aromatic rings. The van der Waals surface area contributed by atoms with E-state index in [1.54, 1.807) is 56.5 Å². The molecule has 0 saturated heterocycles. The van der Waals surface area contributed by atoms with Crippen molar-refractivity contribution in [1.82, 2.24) is 5.32 Å². The topological polar surface area (TPSA) is 76.7 Å². The maximum atomic E-state index is 12.3. The molecule has 6 nitrogen and oxygen atoms in total. The number of para-hydroxylation sites is 2. The summed E-state index contributed by atoms with van der Waals surface area (Å²) in [6.45, 7) is 4.04. The van der Waals surface area contributed by atoms with Crippen LogP contribution in [0, 0.1) is 0 Å². The number of ether oxygens (including phenoxy) is 2. The van der Waals surface area contributed by atoms with E-state index in [2.05, 4.69) is 10.6 Å². The predicted octanol–water partition coefficient (Wildman–Crippen LogP) is 2.85. The minimum atomic E-state index is -0.732. The zero-order valence-corrected chi connectivity index (χ0v) is 14.5. The van der Waals surface area contributed by atoms with Crippen LogP contribution in [0.15, 0.2) is 48.5 Å². The molecule has 2 N–H and O–H groups in total. The van der Waals surface area contributed by atoms with Crippen molar-refractivity contribution in [1.29, 1.82) is 0 Å². The second-order valence-electron chi connectivity index (χ2n) is 5.34. The van der Waals surface area contributed by atoms with E-state index in [0.29, 0.717) is 29.3 Å². The van der Waals surface area contributed by atoms with Crippen LogP contribution in [0.5, 0.6) is 11.5 Å². The van der Waals surface area contributed by atoms with Gasteiger partial charge in [0.05, 0.1) is 7.11 Å². The summed E-state index contributed by atoms with van der Waals surface area (Å²) in [5.74, 6) is 0.542. The Morgan fingerprint density at radius 3 is 2.48 bits per heavy atom. The van der Waals surface area contributed by atoms with Gasteiger partial charge in [-0.25, -0.2) is 0 Å². The quantitative estimate of drug-likeness (QED) is 0.811. The number of benzene rings is 2. The second-order valence-corrected chi connectivity index (χ2v) is 5.34. The van der Waals surface area contributed by atoms with Gasteiger partial charge in [-0.05, 0) is 44.2 Å². The highest BCUT2D eigenvalue weighted by atomic mass is 16.5. The zero-order valence-electron chi connectivity index (χ0n) is 14.5. The van der Waals surface area contributed by atoms with Crippen LogP contribution >= 0.6 is 0 Å². The van der Waals surface area contributed by atoms with Crippen molar-refractivity contribution in [3.05, 3.63) is 54.1 Å². The molecule has 1 unspecified atom stereocenters. The molecule has 1 atom stereocenters. The van der Waals surface area contributed by atoms with Gasteiger partial charge in [-0.1, -0.05) is 18.2 Å². The first-order valence-corrected chi connectivity index (χ1v) is 8.04. The molecule has 0 radical (unpaired) electrons. The fraction of sp³-hybridized carbons (Fsp3) is 0.263. The zero-order chi connectivity index (χ0) is 18.2. The second kappa shape index (κ2) is 8.73. The molecular weight excluding hydrogens is 320 g/mol. The van der Waals surface area contributed by atoms with Gasteiger partial charge in [0.25, 0.3) is 11.8 Å². The molecule has 132 valence electrons. The number of hydrogen-bond donors (Lipinski definition) is 2. The SMILES string of the molecule is CCNC(=O)c1cccc(NC(=O)C(C)Oc2ccccc2OC)c1. The van der Waals surface area contributed by atoms with E-state index in [4.69, 9.17) is 9.47 Å². The van der Waals surface area contributed by atoms with Crippen molar-refractivity contribution in [2.45, 2.75) is 20.0 Å². The van der Waals surface area contributed by atoms with Crippen LogP contribution in [0.3, 0.4) is 0 Å². The van der Waals surface area contributed by atoms with Gasteiger partial charge in [-0.3, -0.25) is 9.59 Å². The molecule has 2 rings (SSSR count). The van der Waals surface area contributed by atoms with E-state index >= 15 is 0 Å². The maximum Gasteiger partial charge on any atom is 0.265 e. The molecule has 2 amide bonds. The monoisotopic (exact) mass is 342 g/mol. The largest absolute Gasteiger partial charge is 0.493 e. The standard InChI is InChI=1S/C19H22N2O4/c1-4-20-19(23)14-8-7-9-15(12-14)21-18(22)13(2)25-17-11-6-5-10-16(17)24-3/h5-13H,4H2,1-3H3,(H,20,23)(H,21,22). The van der Waals surface area contributed by atoms with Crippen molar-refractivity contribution in [3.8, 4) is 11.5 Å². The number of anilines is 1. The Morgan fingerprint density at radius 1 is 1.08 bits per heavy atom. The molecule has 0 bridgehead atoms. The van der Waals surface area contributed by atoms with Crippen LogP contribution in [-0.4, -0.2) is 31.6 Å². The van der Waals surface area contributed by atoms with Crippen molar-refractivity contribution < 1.29 is 19.1 Å². The van der Waals surface area contributed by atoms with Gasteiger partial charge in [0.1, 0.15) is 0 Å². The Bertz CT molecular complexity index is 746. The van der Waals surface area contributed by atoms with Gasteiger partial charge >= 0.3 is 0 Å². The third kappa shape index (κ3) is 4.97. The van der Waals surface area contributed by atoms with Gasteiger partial charge in [0.2, 0.25) is 0 Å². The molecule has 0 saturated carbocycles. The van der Waals surface area contributed by atoms with Gasteiger partial charge in [-0.2, -0.15) is 0 Å². The predicted molar refractivity (Wildman–Crippen MR) is 96.2 cm³/mol. The Labute approximate surface area is 147 Å². The number of methoxy groups -OCH3 is 1. The minimum Gasteiger partial charge on any atom is -0.493 e. The van der Waals surface area contributed by atoms with Crippen LogP contribution in [0.4, 0.5) is 5.69 Å². The summed E-state index contributed by atoms with van der Waals surface area (Å²) in [5, 5.41) is 5.47. The number of rotatable bonds is 7. The molecule has 0 aromatic heterocycles. The molecular formula is C19H22N2O4. The molecule has 0 aliphatic rings. The van der Waals surface area contributed by atoms with E-state index in [1.807, 2.05) is 13.0 Å². The van der Waals surface area contributed by atoms with E-state index in [9.17, 15) is 9.59 Å². The summed E-state index contributed by atoms with van der Waals surface area (Å²) in [5.41, 5.74) is 1.02. The van der Waals surface area contributed by atoms with Crippen molar-refractivity contribution >= 4 is 17.5 Å². The highest BCUT2D eigenvalue weighted by Crippen LogP contribution is 2.27. The fourth-order valence-corrected chi connectivity index (χ4v) is 2.20. The summed E-state index contributed by atoms with van der Waals surface area (Å²) in [4.78, 5) is 24.2. The molecule has 0 fully saturated rings. The molecule has 25 heavy (non-hydrogen) atoms. The summed E-state index contributed by atoms with van der Waals surface area (Å²) in [6.07, 6.45) is -0.732. The van der Waals surface area contributed by atoms with Gasteiger partial charge in [0.15, 0.2) is 17.6 Å². The average Bonchev–Trinajstić information content (AvgIpc) is 2.62. The number of carbonyl (C=O) groups is 2. The molecule has 0 aliphatic carbocycles. The molecule has 0 aliphatic heterocycles. The van der Waals surface area contributed by atoms with Crippen LogP contribution in [0.1, 0.15) is 24.2 Å². The highest BCUT2D eigenvalue weighted by molar-refractivity contribution is 5.98. The van der Waals surface area contributed by atoms with Crippen molar-refractivity contribution in [2.24, 2.45) is 0 Å². The summed E-state index contributed by atoms with van der Waals surface area (Å²) in [7, 11) is 1.54. The van der Waals surface area contributed by atoms with Gasteiger partial charge in [0, 0.05) is 17.8 Å². The lowest BCUT2D eigenvalue weighted by Crippen LogP contribution is -2.30. The van der Waals surface area contributed by atoms with Crippen LogP contribution in [0.25, 0.3) is 0 Å². The lowest BCUT2D eigenvalue weighted by atomic mass is 10.2. The van der Waals surface area contributed by atoms with E-state index < -0.39 is 6.10 Å². The maximum absolute atomic E-state index is 12.3. The molecule has 0 spiro atoms. The third-order valence-electron chi connectivity index (χ3n) is 3.47. The smallest absolute Gasteiger partial charge is 0.265 e. The number of nitrogens with one attached hydrogen (secondary N) is 2. The molecule has 2 aromatic carbocycles. The van der Waals surface area contributed by atoms with Crippen LogP contribution in [0.2, 0.25) is 0 Å². The number of amides is 2. The normalized spacial score (nSPS) is 11.3. The Balaban J connectivity index is 2.04. The minimum absolute atomic E-state index is 0.183. The molecule has 0 heterocycles. The first kappa shape index (κ1) is 18.3. The summed E-state index contributed by atoms with van der Waals surface area (Å²) in [6, 6.07) is 13.9. The van der Waals surface area contributed by atoms with Gasteiger partial charge in [-0.15, -0.1) is 0 Å². The average molecular weight is 342 g/mol. The summed E-state index contributed by atoms with van der Waals surface area (Å²) >= 11 is 0. The third-order valence-corrected chi connectivity index (χ3v) is 3.47. The Hall–Kier alpha value is -3.02. The summed E-state index contributed by atoms with van der Waals surface area (Å²) < 4.78 is 10.9. The number of carbonyl (C=O) groups excluding carboxylic acids is 2. The van der Waals surface area contributed by atoms with Gasteiger partial charge < -0.3 is 20.1 Å². The number of hydrogen-bond acceptors (Lipinski definition) is 4.